The summed E-state index contributed by atoms with van der Waals surface area (Å²) in [5.74, 6) is -1.34. The molecule has 2 aromatic carbocycles. The summed E-state index contributed by atoms with van der Waals surface area (Å²) in [5.41, 5.74) is 2.74. The molecule has 184 valence electrons. The third-order valence-electron chi connectivity index (χ3n) is 8.02. The average Bonchev–Trinajstić information content (AvgIpc) is 3.57. The van der Waals surface area contributed by atoms with Crippen LogP contribution in [0.4, 0.5) is 4.79 Å². The number of aliphatic carboxylic acids is 1. The second kappa shape index (κ2) is 9.36. The lowest BCUT2D eigenvalue weighted by Gasteiger charge is -2.32. The highest BCUT2D eigenvalue weighted by molar-refractivity contribution is 5.88. The zero-order valence-corrected chi connectivity index (χ0v) is 19.8. The van der Waals surface area contributed by atoms with Crippen LogP contribution in [0, 0.1) is 0 Å². The van der Waals surface area contributed by atoms with Gasteiger partial charge in [-0.25, -0.2) is 9.59 Å². The first-order valence-corrected chi connectivity index (χ1v) is 12.6. The van der Waals surface area contributed by atoms with Gasteiger partial charge < -0.3 is 20.5 Å². The maximum atomic E-state index is 12.9. The van der Waals surface area contributed by atoms with Gasteiger partial charge in [-0.3, -0.25) is 4.79 Å². The van der Waals surface area contributed by atoms with E-state index < -0.39 is 23.1 Å². The second-order valence-electron chi connectivity index (χ2n) is 10.3. The summed E-state index contributed by atoms with van der Waals surface area (Å²) >= 11 is 0. The molecule has 3 N–H and O–H groups in total. The Hall–Kier alpha value is -3.35. The minimum absolute atomic E-state index is 0.0335. The lowest BCUT2D eigenvalue weighted by molar-refractivity contribution is -0.147. The SMILES string of the molecule is O=C(CC1(NC(=O)OCC2c3ccccc3-c3ccccc32)CCCC1)NC1(C(=O)O)CCCC1. The van der Waals surface area contributed by atoms with Crippen molar-refractivity contribution >= 4 is 18.0 Å². The van der Waals surface area contributed by atoms with Crippen molar-refractivity contribution in [2.24, 2.45) is 0 Å². The Morgan fingerprint density at radius 1 is 0.829 bits per heavy atom. The largest absolute Gasteiger partial charge is 0.480 e. The number of fused-ring (bicyclic) bond motifs is 3. The van der Waals surface area contributed by atoms with Gasteiger partial charge >= 0.3 is 12.1 Å². The Morgan fingerprint density at radius 2 is 1.37 bits per heavy atom. The number of alkyl carbamates (subject to hydrolysis) is 1. The molecule has 7 nitrogen and oxygen atoms in total. The van der Waals surface area contributed by atoms with Crippen LogP contribution in [0.25, 0.3) is 11.1 Å². The molecule has 0 heterocycles. The first-order chi connectivity index (χ1) is 16.9. The van der Waals surface area contributed by atoms with Crippen LogP contribution in [0.1, 0.15) is 74.8 Å². The van der Waals surface area contributed by atoms with Gasteiger partial charge in [0.2, 0.25) is 5.91 Å². The topological polar surface area (TPSA) is 105 Å². The van der Waals surface area contributed by atoms with Crippen LogP contribution in [0.15, 0.2) is 48.5 Å². The van der Waals surface area contributed by atoms with Crippen LogP contribution in [-0.2, 0) is 14.3 Å². The van der Waals surface area contributed by atoms with E-state index in [0.29, 0.717) is 25.7 Å². The molecule has 0 saturated heterocycles. The van der Waals surface area contributed by atoms with E-state index in [2.05, 4.69) is 34.9 Å². The third-order valence-corrected chi connectivity index (χ3v) is 8.02. The number of rotatable bonds is 7. The molecule has 0 bridgehead atoms. The van der Waals surface area contributed by atoms with Crippen molar-refractivity contribution in [2.75, 3.05) is 6.61 Å². The van der Waals surface area contributed by atoms with Gasteiger partial charge in [-0.05, 0) is 47.9 Å². The van der Waals surface area contributed by atoms with Crippen molar-refractivity contribution in [3.8, 4) is 11.1 Å². The maximum absolute atomic E-state index is 12.9. The molecule has 2 fully saturated rings. The van der Waals surface area contributed by atoms with Crippen molar-refractivity contribution in [1.29, 1.82) is 0 Å². The molecule has 0 unspecified atom stereocenters. The maximum Gasteiger partial charge on any atom is 0.407 e. The molecule has 0 aromatic heterocycles. The lowest BCUT2D eigenvalue weighted by Crippen LogP contribution is -2.56. The molecule has 35 heavy (non-hydrogen) atoms. The zero-order chi connectivity index (χ0) is 24.5. The van der Waals surface area contributed by atoms with Gasteiger partial charge in [0.1, 0.15) is 12.1 Å². The van der Waals surface area contributed by atoms with E-state index in [4.69, 9.17) is 4.74 Å². The lowest BCUT2D eigenvalue weighted by atomic mass is 9.91. The van der Waals surface area contributed by atoms with Gasteiger partial charge in [-0.2, -0.15) is 0 Å². The van der Waals surface area contributed by atoms with E-state index in [1.54, 1.807) is 0 Å². The molecule has 3 aliphatic rings. The molecule has 2 amide bonds. The number of benzene rings is 2. The minimum atomic E-state index is -1.18. The molecule has 2 aromatic rings. The summed E-state index contributed by atoms with van der Waals surface area (Å²) < 4.78 is 5.72. The van der Waals surface area contributed by atoms with E-state index >= 15 is 0 Å². The number of carboxylic acids is 1. The smallest absolute Gasteiger partial charge is 0.407 e. The van der Waals surface area contributed by atoms with Crippen molar-refractivity contribution in [3.05, 3.63) is 59.7 Å². The highest BCUT2D eigenvalue weighted by atomic mass is 16.5. The van der Waals surface area contributed by atoms with Crippen LogP contribution >= 0.6 is 0 Å². The van der Waals surface area contributed by atoms with Gasteiger partial charge in [0.05, 0.1) is 5.54 Å². The Balaban J connectivity index is 1.24. The summed E-state index contributed by atoms with van der Waals surface area (Å²) in [6, 6.07) is 16.4. The number of hydrogen-bond acceptors (Lipinski definition) is 4. The summed E-state index contributed by atoms with van der Waals surface area (Å²) in [7, 11) is 0. The van der Waals surface area contributed by atoms with Crippen LogP contribution in [0.3, 0.4) is 0 Å². The Morgan fingerprint density at radius 3 is 1.94 bits per heavy atom. The van der Waals surface area contributed by atoms with Crippen molar-refractivity contribution < 1.29 is 24.2 Å². The number of hydrogen-bond donors (Lipinski definition) is 3. The summed E-state index contributed by atoms with van der Waals surface area (Å²) in [6.07, 6.45) is 5.15. The van der Waals surface area contributed by atoms with Crippen LogP contribution in [-0.4, -0.2) is 40.8 Å². The molecule has 2 saturated carbocycles. The van der Waals surface area contributed by atoms with Crippen LogP contribution in [0.5, 0.6) is 0 Å². The molecule has 0 aliphatic heterocycles. The number of ether oxygens (including phenoxy) is 1. The van der Waals surface area contributed by atoms with E-state index in [-0.39, 0.29) is 24.9 Å². The predicted octanol–water partition coefficient (Wildman–Crippen LogP) is 4.74. The van der Waals surface area contributed by atoms with Crippen molar-refractivity contribution in [2.45, 2.75) is 74.8 Å². The van der Waals surface area contributed by atoms with E-state index in [9.17, 15) is 19.5 Å². The predicted molar refractivity (Wildman–Crippen MR) is 131 cm³/mol. The molecule has 0 spiro atoms. The third kappa shape index (κ3) is 4.51. The summed E-state index contributed by atoms with van der Waals surface area (Å²) in [5, 5.41) is 15.5. The fraction of sp³-hybridized carbons (Fsp3) is 0.464. The Kier molecular flexibility index (Phi) is 6.26. The summed E-state index contributed by atoms with van der Waals surface area (Å²) in [6.45, 7) is 0.213. The van der Waals surface area contributed by atoms with Gasteiger partial charge in [-0.15, -0.1) is 0 Å². The average molecular weight is 477 g/mol. The van der Waals surface area contributed by atoms with E-state index in [1.165, 1.54) is 11.1 Å². The normalized spacial score (nSPS) is 19.5. The number of carbonyl (C=O) groups is 3. The van der Waals surface area contributed by atoms with E-state index in [0.717, 1.165) is 36.8 Å². The van der Waals surface area contributed by atoms with Gasteiger partial charge in [-0.1, -0.05) is 74.2 Å². The molecular formula is C28H32N2O5. The molecule has 7 heteroatoms. The first-order valence-electron chi connectivity index (χ1n) is 12.6. The van der Waals surface area contributed by atoms with Gasteiger partial charge in [0, 0.05) is 12.3 Å². The van der Waals surface area contributed by atoms with E-state index in [1.807, 2.05) is 24.3 Å². The van der Waals surface area contributed by atoms with Crippen molar-refractivity contribution in [3.63, 3.8) is 0 Å². The fourth-order valence-corrected chi connectivity index (χ4v) is 6.24. The highest BCUT2D eigenvalue weighted by Gasteiger charge is 2.45. The zero-order valence-electron chi connectivity index (χ0n) is 19.8. The number of carbonyl (C=O) groups excluding carboxylic acids is 2. The Labute approximate surface area is 205 Å². The van der Waals surface area contributed by atoms with Gasteiger partial charge in [0.15, 0.2) is 0 Å². The molecule has 5 rings (SSSR count). The second-order valence-corrected chi connectivity index (χ2v) is 10.3. The fourth-order valence-electron chi connectivity index (χ4n) is 6.24. The van der Waals surface area contributed by atoms with Crippen molar-refractivity contribution in [1.82, 2.24) is 10.6 Å². The Bertz CT molecular complexity index is 1090. The molecule has 0 radical (unpaired) electrons. The first kappa shape index (κ1) is 23.4. The number of carboxylic acid groups (broad SMARTS) is 1. The van der Waals surface area contributed by atoms with Crippen LogP contribution in [0.2, 0.25) is 0 Å². The van der Waals surface area contributed by atoms with Gasteiger partial charge in [0.25, 0.3) is 0 Å². The summed E-state index contributed by atoms with van der Waals surface area (Å²) in [4.78, 5) is 37.7. The monoisotopic (exact) mass is 476 g/mol. The molecule has 0 atom stereocenters. The van der Waals surface area contributed by atoms with Crippen LogP contribution < -0.4 is 10.6 Å². The minimum Gasteiger partial charge on any atom is -0.480 e. The number of nitrogens with one attached hydrogen (secondary N) is 2. The standard InChI is InChI=1S/C28H32N2O5/c31-24(29-28(25(32)33)15-7-8-16-28)17-27(13-5-6-14-27)30-26(34)35-18-23-21-11-3-1-9-19(21)20-10-2-4-12-22(20)23/h1-4,9-12,23H,5-8,13-18H2,(H,29,31)(H,30,34)(H,32,33). The molecule has 3 aliphatic carbocycles. The highest BCUT2D eigenvalue weighted by Crippen LogP contribution is 2.44. The number of amides is 2. The quantitative estimate of drug-likeness (QED) is 0.535. The molecular weight excluding hydrogens is 444 g/mol.